The molecule has 2 heterocycles. The Hall–Kier alpha value is -3.72. The molecule has 0 aliphatic rings. The maximum Gasteiger partial charge on any atom is 0.346 e. The molecule has 26 heavy (non-hydrogen) atoms. The van der Waals surface area contributed by atoms with Crippen molar-refractivity contribution in [2.75, 3.05) is 0 Å². The second-order valence-electron chi connectivity index (χ2n) is 5.56. The minimum atomic E-state index is -1.31. The minimum Gasteiger partial charge on any atom is -0.477 e. The molecule has 0 amide bonds. The number of aromatic nitrogens is 2. The van der Waals surface area contributed by atoms with Crippen LogP contribution in [0.3, 0.4) is 0 Å². The summed E-state index contributed by atoms with van der Waals surface area (Å²) in [6.45, 7) is 0.382. The van der Waals surface area contributed by atoms with Crippen LogP contribution in [-0.4, -0.2) is 20.6 Å². The third-order valence-corrected chi connectivity index (χ3v) is 3.79. The van der Waals surface area contributed by atoms with Crippen LogP contribution >= 0.6 is 0 Å². The smallest absolute Gasteiger partial charge is 0.346 e. The van der Waals surface area contributed by atoms with Crippen LogP contribution in [0.15, 0.2) is 66.5 Å². The second-order valence-corrected chi connectivity index (χ2v) is 5.56. The highest BCUT2D eigenvalue weighted by Crippen LogP contribution is 2.27. The van der Waals surface area contributed by atoms with Crippen molar-refractivity contribution in [2.45, 2.75) is 6.54 Å². The molecule has 0 spiro atoms. The summed E-state index contributed by atoms with van der Waals surface area (Å²) < 4.78 is 16.1. The fraction of sp³-hybridized carbons (Fsp3) is 0.0500. The number of carboxylic acid groups (broad SMARTS) is 1. The fourth-order valence-electron chi connectivity index (χ4n) is 2.61. The van der Waals surface area contributed by atoms with E-state index in [1.54, 1.807) is 53.4 Å². The van der Waals surface area contributed by atoms with Crippen molar-refractivity contribution >= 4 is 12.0 Å². The zero-order chi connectivity index (χ0) is 18.5. The maximum absolute atomic E-state index is 14.3. The molecule has 0 unspecified atom stereocenters. The Bertz CT molecular complexity index is 1020. The summed E-state index contributed by atoms with van der Waals surface area (Å²) in [5.41, 5.74) is 1.84. The van der Waals surface area contributed by atoms with E-state index in [9.17, 15) is 9.18 Å². The predicted octanol–water partition coefficient (Wildman–Crippen LogP) is 3.73. The topological polar surface area (TPSA) is 78.9 Å². The van der Waals surface area contributed by atoms with Gasteiger partial charge in [0.15, 0.2) is 0 Å². The van der Waals surface area contributed by atoms with E-state index in [0.717, 1.165) is 5.69 Å². The van der Waals surface area contributed by atoms with Crippen LogP contribution in [-0.2, 0) is 11.3 Å². The number of hydrogen-bond acceptors (Lipinski definition) is 3. The summed E-state index contributed by atoms with van der Waals surface area (Å²) in [7, 11) is 0. The molecule has 6 heteroatoms. The van der Waals surface area contributed by atoms with E-state index in [0.29, 0.717) is 23.4 Å². The second kappa shape index (κ2) is 7.45. The molecule has 0 aliphatic carbocycles. The van der Waals surface area contributed by atoms with Gasteiger partial charge in [-0.2, -0.15) is 5.26 Å². The summed E-state index contributed by atoms with van der Waals surface area (Å²) in [4.78, 5) is 15.3. The van der Waals surface area contributed by atoms with Gasteiger partial charge in [-0.05, 0) is 42.0 Å². The van der Waals surface area contributed by atoms with Gasteiger partial charge in [-0.3, -0.25) is 4.98 Å². The van der Waals surface area contributed by atoms with Gasteiger partial charge in [0.2, 0.25) is 0 Å². The molecule has 0 saturated heterocycles. The summed E-state index contributed by atoms with van der Waals surface area (Å²) >= 11 is 0. The molecule has 0 radical (unpaired) electrons. The third-order valence-electron chi connectivity index (χ3n) is 3.79. The van der Waals surface area contributed by atoms with Crippen molar-refractivity contribution in [3.05, 3.63) is 83.6 Å². The van der Waals surface area contributed by atoms with Crippen LogP contribution in [0.25, 0.3) is 17.3 Å². The molecule has 128 valence electrons. The first-order valence-electron chi connectivity index (χ1n) is 7.78. The molecule has 3 rings (SSSR count). The van der Waals surface area contributed by atoms with Crippen molar-refractivity contribution in [3.8, 4) is 17.3 Å². The Labute approximate surface area is 149 Å². The quantitative estimate of drug-likeness (QED) is 0.563. The SMILES string of the molecule is N#C/C(=C\c1cc(-c2ccccc2F)n(Cc2ccccn2)c1)C(=O)O. The molecule has 0 saturated carbocycles. The van der Waals surface area contributed by atoms with E-state index in [4.69, 9.17) is 10.4 Å². The van der Waals surface area contributed by atoms with Gasteiger partial charge in [0.1, 0.15) is 17.5 Å². The Balaban J connectivity index is 2.10. The van der Waals surface area contributed by atoms with Crippen molar-refractivity contribution in [2.24, 2.45) is 0 Å². The van der Waals surface area contributed by atoms with Crippen LogP contribution in [0.1, 0.15) is 11.3 Å². The van der Waals surface area contributed by atoms with Gasteiger partial charge in [0, 0.05) is 18.0 Å². The lowest BCUT2D eigenvalue weighted by atomic mass is 10.1. The first kappa shape index (κ1) is 17.1. The van der Waals surface area contributed by atoms with Crippen LogP contribution in [0.2, 0.25) is 0 Å². The van der Waals surface area contributed by atoms with Crippen LogP contribution in [0.4, 0.5) is 4.39 Å². The number of benzene rings is 1. The number of carboxylic acids is 1. The van der Waals surface area contributed by atoms with Crippen LogP contribution < -0.4 is 0 Å². The Morgan fingerprint density at radius 2 is 2.04 bits per heavy atom. The zero-order valence-electron chi connectivity index (χ0n) is 13.6. The van der Waals surface area contributed by atoms with Gasteiger partial charge in [-0.15, -0.1) is 0 Å². The van der Waals surface area contributed by atoms with E-state index >= 15 is 0 Å². The number of halogens is 1. The summed E-state index contributed by atoms with van der Waals surface area (Å²) in [6, 6.07) is 15.1. The summed E-state index contributed by atoms with van der Waals surface area (Å²) in [5, 5.41) is 18.0. The Morgan fingerprint density at radius 3 is 2.69 bits per heavy atom. The number of carbonyl (C=O) groups is 1. The van der Waals surface area contributed by atoms with E-state index in [2.05, 4.69) is 4.98 Å². The van der Waals surface area contributed by atoms with Crippen LogP contribution in [0.5, 0.6) is 0 Å². The molecular formula is C20H14FN3O2. The van der Waals surface area contributed by atoms with Gasteiger partial charge >= 0.3 is 5.97 Å². The number of pyridine rings is 1. The van der Waals surface area contributed by atoms with Gasteiger partial charge in [0.25, 0.3) is 0 Å². The molecule has 1 N–H and O–H groups in total. The lowest BCUT2D eigenvalue weighted by Crippen LogP contribution is -2.02. The molecule has 0 fully saturated rings. The lowest BCUT2D eigenvalue weighted by molar-refractivity contribution is -0.132. The van der Waals surface area contributed by atoms with Gasteiger partial charge < -0.3 is 9.67 Å². The molecule has 5 nitrogen and oxygen atoms in total. The van der Waals surface area contributed by atoms with Gasteiger partial charge in [-0.25, -0.2) is 9.18 Å². The molecule has 0 atom stereocenters. The Kier molecular flexibility index (Phi) is 4.90. The molecule has 1 aromatic carbocycles. The summed E-state index contributed by atoms with van der Waals surface area (Å²) in [5.74, 6) is -1.69. The van der Waals surface area contributed by atoms with Gasteiger partial charge in [0.05, 0.1) is 17.9 Å². The molecule has 0 bridgehead atoms. The normalized spacial score (nSPS) is 11.2. The molecular weight excluding hydrogens is 333 g/mol. The van der Waals surface area contributed by atoms with Gasteiger partial charge in [-0.1, -0.05) is 18.2 Å². The maximum atomic E-state index is 14.3. The number of nitrogens with zero attached hydrogens (tertiary/aromatic N) is 3. The fourth-order valence-corrected chi connectivity index (χ4v) is 2.61. The van der Waals surface area contributed by atoms with Crippen LogP contribution in [0, 0.1) is 17.1 Å². The molecule has 2 aromatic heterocycles. The average molecular weight is 347 g/mol. The highest BCUT2D eigenvalue weighted by molar-refractivity contribution is 5.96. The zero-order valence-corrected chi connectivity index (χ0v) is 13.6. The number of nitriles is 1. The number of rotatable bonds is 5. The first-order valence-corrected chi connectivity index (χ1v) is 7.78. The van der Waals surface area contributed by atoms with Crippen molar-refractivity contribution < 1.29 is 14.3 Å². The van der Waals surface area contributed by atoms with E-state index in [-0.39, 0.29) is 11.4 Å². The van der Waals surface area contributed by atoms with Crippen molar-refractivity contribution in [3.63, 3.8) is 0 Å². The van der Waals surface area contributed by atoms with E-state index < -0.39 is 5.97 Å². The highest BCUT2D eigenvalue weighted by atomic mass is 19.1. The van der Waals surface area contributed by atoms with Crippen molar-refractivity contribution in [1.29, 1.82) is 5.26 Å². The highest BCUT2D eigenvalue weighted by Gasteiger charge is 2.14. The average Bonchev–Trinajstić information content (AvgIpc) is 3.03. The van der Waals surface area contributed by atoms with E-state index in [1.807, 2.05) is 12.1 Å². The first-order chi connectivity index (χ1) is 12.6. The van der Waals surface area contributed by atoms with E-state index in [1.165, 1.54) is 12.1 Å². The largest absolute Gasteiger partial charge is 0.477 e. The Morgan fingerprint density at radius 1 is 1.27 bits per heavy atom. The predicted molar refractivity (Wildman–Crippen MR) is 94.4 cm³/mol. The number of hydrogen-bond donors (Lipinski definition) is 1. The summed E-state index contributed by atoms with van der Waals surface area (Å²) in [6.07, 6.45) is 4.61. The monoisotopic (exact) mass is 347 g/mol. The molecule has 3 aromatic rings. The minimum absolute atomic E-state index is 0.382. The third kappa shape index (κ3) is 3.68. The number of aliphatic carboxylic acids is 1. The van der Waals surface area contributed by atoms with Crippen molar-refractivity contribution in [1.82, 2.24) is 9.55 Å². The lowest BCUT2D eigenvalue weighted by Gasteiger charge is -2.09. The standard InChI is InChI=1S/C20H14FN3O2/c21-18-7-2-1-6-17(18)19-10-14(9-15(11-22)20(25)26)12-24(19)13-16-5-3-4-8-23-16/h1-10,12H,13H2,(H,25,26)/b15-9+. The molecule has 0 aliphatic heterocycles.